The lowest BCUT2D eigenvalue weighted by Crippen LogP contribution is -2.39. The number of benzene rings is 1. The van der Waals surface area contributed by atoms with Gasteiger partial charge in [-0.05, 0) is 31.1 Å². The Hall–Kier alpha value is -2.75. The van der Waals surface area contributed by atoms with Crippen molar-refractivity contribution < 1.29 is 9.72 Å². The number of nitro groups is 1. The van der Waals surface area contributed by atoms with E-state index in [1.54, 1.807) is 15.9 Å². The van der Waals surface area contributed by atoms with Crippen LogP contribution in [0.15, 0.2) is 18.2 Å². The SMILES string of the molecule is CN(C)c1ccc([N+](=O)[O-])cc1C(=O)N1CCC(c2n[nH]c(=S)n2C)CC1. The summed E-state index contributed by atoms with van der Waals surface area (Å²) in [6, 6.07) is 4.40. The van der Waals surface area contributed by atoms with Crippen LogP contribution in [0, 0.1) is 14.9 Å². The van der Waals surface area contributed by atoms with Gasteiger partial charge in [0.2, 0.25) is 0 Å². The predicted octanol–water partition coefficient (Wildman–Crippen LogP) is 2.47. The lowest BCUT2D eigenvalue weighted by atomic mass is 9.95. The molecule has 1 aromatic heterocycles. The van der Waals surface area contributed by atoms with E-state index in [-0.39, 0.29) is 17.5 Å². The quantitative estimate of drug-likeness (QED) is 0.489. The molecular formula is C17H22N6O3S. The standard InChI is InChI=1S/C17H22N6O3S/c1-20(2)14-5-4-12(23(25)26)10-13(14)16(24)22-8-6-11(7-9-22)15-18-19-17(27)21(15)3/h4-5,10-11H,6-9H2,1-3H3,(H,19,27). The molecule has 144 valence electrons. The van der Waals surface area contributed by atoms with Crippen molar-refractivity contribution in [2.24, 2.45) is 7.05 Å². The molecule has 0 bridgehead atoms. The molecule has 1 aliphatic rings. The third-order valence-electron chi connectivity index (χ3n) is 4.96. The number of nitrogens with zero attached hydrogens (tertiary/aromatic N) is 5. The molecule has 1 aliphatic heterocycles. The minimum atomic E-state index is -0.480. The number of piperidine rings is 1. The number of anilines is 1. The van der Waals surface area contributed by atoms with Gasteiger partial charge in [-0.2, -0.15) is 5.10 Å². The van der Waals surface area contributed by atoms with E-state index in [1.165, 1.54) is 12.1 Å². The van der Waals surface area contributed by atoms with Crippen molar-refractivity contribution >= 4 is 29.5 Å². The molecule has 3 rings (SSSR count). The van der Waals surface area contributed by atoms with E-state index in [1.807, 2.05) is 25.7 Å². The van der Waals surface area contributed by atoms with Gasteiger partial charge in [-0.25, -0.2) is 0 Å². The highest BCUT2D eigenvalue weighted by molar-refractivity contribution is 7.71. The second kappa shape index (κ2) is 7.47. The van der Waals surface area contributed by atoms with Gasteiger partial charge in [0.15, 0.2) is 4.77 Å². The van der Waals surface area contributed by atoms with Gasteiger partial charge in [0.1, 0.15) is 5.82 Å². The summed E-state index contributed by atoms with van der Waals surface area (Å²) in [5.74, 6) is 0.943. The van der Waals surface area contributed by atoms with E-state index < -0.39 is 4.92 Å². The molecule has 27 heavy (non-hydrogen) atoms. The summed E-state index contributed by atoms with van der Waals surface area (Å²) in [5.41, 5.74) is 0.938. The van der Waals surface area contributed by atoms with Crippen molar-refractivity contribution in [2.45, 2.75) is 18.8 Å². The van der Waals surface area contributed by atoms with E-state index in [0.717, 1.165) is 18.7 Å². The Bertz CT molecular complexity index is 927. The van der Waals surface area contributed by atoms with Crippen molar-refractivity contribution in [1.29, 1.82) is 0 Å². The summed E-state index contributed by atoms with van der Waals surface area (Å²) in [5, 5.41) is 18.2. The molecule has 0 radical (unpaired) electrons. The normalized spacial score (nSPS) is 15.0. The fourth-order valence-corrected chi connectivity index (χ4v) is 3.57. The number of nitrogens with one attached hydrogen (secondary N) is 1. The fraction of sp³-hybridized carbons (Fsp3) is 0.471. The van der Waals surface area contributed by atoms with Crippen molar-refractivity contribution in [3.63, 3.8) is 0 Å². The highest BCUT2D eigenvalue weighted by Crippen LogP contribution is 2.30. The zero-order chi connectivity index (χ0) is 19.7. The molecule has 0 spiro atoms. The predicted molar refractivity (Wildman–Crippen MR) is 104 cm³/mol. The Labute approximate surface area is 161 Å². The average Bonchev–Trinajstić information content (AvgIpc) is 2.99. The molecule has 1 fully saturated rings. The Morgan fingerprint density at radius 1 is 1.37 bits per heavy atom. The van der Waals surface area contributed by atoms with Crippen molar-refractivity contribution in [1.82, 2.24) is 19.7 Å². The second-order valence-corrected chi connectivity index (χ2v) is 7.25. The molecule has 0 unspecified atom stereocenters. The Balaban J connectivity index is 1.79. The summed E-state index contributed by atoms with van der Waals surface area (Å²) >= 11 is 5.16. The first-order valence-corrected chi connectivity index (χ1v) is 9.06. The first-order valence-electron chi connectivity index (χ1n) is 8.66. The highest BCUT2D eigenvalue weighted by atomic mass is 32.1. The number of rotatable bonds is 4. The number of nitro benzene ring substituents is 1. The number of likely N-dealkylation sites (tertiary alicyclic amines) is 1. The molecule has 1 aromatic carbocycles. The molecule has 1 amide bonds. The number of hydrogen-bond donors (Lipinski definition) is 1. The van der Waals surface area contributed by atoms with Gasteiger partial charge in [0.05, 0.1) is 10.5 Å². The van der Waals surface area contributed by atoms with Gasteiger partial charge >= 0.3 is 0 Å². The molecule has 10 heteroatoms. The van der Waals surface area contributed by atoms with E-state index in [2.05, 4.69) is 10.2 Å². The monoisotopic (exact) mass is 390 g/mol. The summed E-state index contributed by atoms with van der Waals surface area (Å²) in [6.45, 7) is 1.14. The number of H-pyrrole nitrogens is 1. The number of aromatic nitrogens is 3. The molecule has 0 saturated carbocycles. The highest BCUT2D eigenvalue weighted by Gasteiger charge is 2.29. The smallest absolute Gasteiger partial charge is 0.270 e. The summed E-state index contributed by atoms with van der Waals surface area (Å²) in [4.78, 5) is 27.2. The van der Waals surface area contributed by atoms with Gasteiger partial charge in [-0.15, -0.1) is 0 Å². The fourth-order valence-electron chi connectivity index (χ4n) is 3.43. The minimum absolute atomic E-state index is 0.0830. The first kappa shape index (κ1) is 19.0. The molecular weight excluding hydrogens is 368 g/mol. The van der Waals surface area contributed by atoms with Gasteiger partial charge in [0, 0.05) is 58.0 Å². The van der Waals surface area contributed by atoms with Crippen LogP contribution in [0.1, 0.15) is 34.9 Å². The van der Waals surface area contributed by atoms with Crippen LogP contribution < -0.4 is 4.90 Å². The van der Waals surface area contributed by atoms with Crippen molar-refractivity contribution in [3.8, 4) is 0 Å². The maximum atomic E-state index is 13.0. The molecule has 9 nitrogen and oxygen atoms in total. The number of carbonyl (C=O) groups is 1. The molecule has 0 atom stereocenters. The van der Waals surface area contributed by atoms with Crippen molar-refractivity contribution in [2.75, 3.05) is 32.1 Å². The van der Waals surface area contributed by atoms with Gasteiger partial charge in [-0.3, -0.25) is 20.0 Å². The third kappa shape index (κ3) is 3.70. The molecule has 1 saturated heterocycles. The van der Waals surface area contributed by atoms with Crippen LogP contribution >= 0.6 is 12.2 Å². The lowest BCUT2D eigenvalue weighted by molar-refractivity contribution is -0.384. The van der Waals surface area contributed by atoms with Crippen molar-refractivity contribution in [3.05, 3.63) is 44.5 Å². The van der Waals surface area contributed by atoms with Crippen LogP contribution in [0.2, 0.25) is 0 Å². The van der Waals surface area contributed by atoms with Gasteiger partial charge in [-0.1, -0.05) is 0 Å². The third-order valence-corrected chi connectivity index (χ3v) is 5.33. The average molecular weight is 390 g/mol. The first-order chi connectivity index (χ1) is 12.8. The van der Waals surface area contributed by atoms with E-state index >= 15 is 0 Å². The summed E-state index contributed by atoms with van der Waals surface area (Å²) < 4.78 is 2.44. The number of non-ortho nitro benzene ring substituents is 1. The number of hydrogen-bond acceptors (Lipinski definition) is 6. The zero-order valence-electron chi connectivity index (χ0n) is 15.5. The number of carbonyl (C=O) groups excluding carboxylic acids is 1. The Kier molecular flexibility index (Phi) is 5.26. The summed E-state index contributed by atoms with van der Waals surface area (Å²) in [7, 11) is 5.51. The number of aromatic amines is 1. The van der Waals surface area contributed by atoms with E-state index in [9.17, 15) is 14.9 Å². The van der Waals surface area contributed by atoms with E-state index in [4.69, 9.17) is 12.2 Å². The molecule has 0 aliphatic carbocycles. The Morgan fingerprint density at radius 2 is 2.04 bits per heavy atom. The van der Waals surface area contributed by atoms with Gasteiger partial charge < -0.3 is 14.4 Å². The van der Waals surface area contributed by atoms with Crippen LogP contribution in [0.5, 0.6) is 0 Å². The topological polar surface area (TPSA) is 100 Å². The maximum Gasteiger partial charge on any atom is 0.270 e. The zero-order valence-corrected chi connectivity index (χ0v) is 16.3. The van der Waals surface area contributed by atoms with Crippen LogP contribution in [0.4, 0.5) is 11.4 Å². The Morgan fingerprint density at radius 3 is 2.56 bits per heavy atom. The number of amides is 1. The van der Waals surface area contributed by atoms with E-state index in [0.29, 0.717) is 29.1 Å². The molecule has 2 aromatic rings. The lowest BCUT2D eigenvalue weighted by Gasteiger charge is -2.32. The molecule has 2 heterocycles. The van der Waals surface area contributed by atoms with Gasteiger partial charge in [0.25, 0.3) is 11.6 Å². The van der Waals surface area contributed by atoms with Crippen LogP contribution in [0.25, 0.3) is 0 Å². The minimum Gasteiger partial charge on any atom is -0.377 e. The summed E-state index contributed by atoms with van der Waals surface area (Å²) in [6.07, 6.45) is 1.54. The largest absolute Gasteiger partial charge is 0.377 e. The van der Waals surface area contributed by atoms with Crippen LogP contribution in [-0.2, 0) is 7.05 Å². The maximum absolute atomic E-state index is 13.0. The molecule has 1 N–H and O–H groups in total. The second-order valence-electron chi connectivity index (χ2n) is 6.87. The van der Waals surface area contributed by atoms with Crippen LogP contribution in [0.3, 0.4) is 0 Å². The van der Waals surface area contributed by atoms with Crippen LogP contribution in [-0.4, -0.2) is 57.7 Å².